The Kier molecular flexibility index (Phi) is 9.35. The van der Waals surface area contributed by atoms with E-state index >= 15 is 0 Å². The molecule has 0 aliphatic carbocycles. The third-order valence-corrected chi connectivity index (χ3v) is 11.0. The summed E-state index contributed by atoms with van der Waals surface area (Å²) in [6.07, 6.45) is 4.55. The van der Waals surface area contributed by atoms with E-state index in [9.17, 15) is 19.5 Å². The van der Waals surface area contributed by atoms with Gasteiger partial charge in [0.25, 0.3) is 5.91 Å². The highest BCUT2D eigenvalue weighted by atomic mass is 32.2. The molecule has 1 aromatic carbocycles. The van der Waals surface area contributed by atoms with E-state index in [0.29, 0.717) is 19.5 Å². The summed E-state index contributed by atoms with van der Waals surface area (Å²) < 4.78 is -0.704. The van der Waals surface area contributed by atoms with Gasteiger partial charge in [-0.3, -0.25) is 14.4 Å². The zero-order valence-corrected chi connectivity index (χ0v) is 25.1. The monoisotopic (exact) mass is 568 g/mol. The Morgan fingerprint density at radius 2 is 1.73 bits per heavy atom. The van der Waals surface area contributed by atoms with Crippen molar-refractivity contribution in [1.29, 1.82) is 0 Å². The molecule has 3 amide bonds. The van der Waals surface area contributed by atoms with Crippen LogP contribution in [0.2, 0.25) is 0 Å². The number of benzene rings is 1. The van der Waals surface area contributed by atoms with Gasteiger partial charge in [0.2, 0.25) is 11.8 Å². The minimum Gasteiger partial charge on any atom is -0.396 e. The van der Waals surface area contributed by atoms with Crippen LogP contribution in [0.4, 0.5) is 11.4 Å². The standard InChI is InChI=1S/C31H44N4O4S/c1-7-16-32(6)28(37)25-24-20-21(5)31(40-24)26(25)29(38)35(18-11-19-36)27(31)30(39)34(17-8-2)23-14-12-22(13-15-23)33(9-3)10-4/h7-8,12-15,21,24-27,36H,1-2,9-11,16-20H2,3-6H3/t21?,24-,25+,26+,27?,31?/m1/s1. The van der Waals surface area contributed by atoms with Crippen molar-refractivity contribution in [2.75, 3.05) is 56.2 Å². The second-order valence-corrected chi connectivity index (χ2v) is 12.6. The maximum atomic E-state index is 14.7. The number of amides is 3. The van der Waals surface area contributed by atoms with Gasteiger partial charge >= 0.3 is 0 Å². The van der Waals surface area contributed by atoms with E-state index in [2.05, 4.69) is 38.8 Å². The molecule has 1 aromatic rings. The largest absolute Gasteiger partial charge is 0.396 e. The topological polar surface area (TPSA) is 84.4 Å². The molecule has 6 atom stereocenters. The lowest BCUT2D eigenvalue weighted by Gasteiger charge is -2.41. The van der Waals surface area contributed by atoms with Gasteiger partial charge in [-0.15, -0.1) is 24.9 Å². The van der Waals surface area contributed by atoms with E-state index in [1.807, 2.05) is 24.3 Å². The van der Waals surface area contributed by atoms with Crippen LogP contribution in [0, 0.1) is 17.8 Å². The van der Waals surface area contributed by atoms with Crippen molar-refractivity contribution in [3.8, 4) is 0 Å². The van der Waals surface area contributed by atoms with Gasteiger partial charge < -0.3 is 24.7 Å². The van der Waals surface area contributed by atoms with Crippen LogP contribution in [0.15, 0.2) is 49.6 Å². The molecule has 0 radical (unpaired) electrons. The summed E-state index contributed by atoms with van der Waals surface area (Å²) in [6.45, 7) is 16.7. The summed E-state index contributed by atoms with van der Waals surface area (Å²) in [4.78, 5) is 49.8. The van der Waals surface area contributed by atoms with Gasteiger partial charge in [-0.25, -0.2) is 0 Å². The average molecular weight is 569 g/mol. The summed E-state index contributed by atoms with van der Waals surface area (Å²) >= 11 is 1.67. The summed E-state index contributed by atoms with van der Waals surface area (Å²) in [5, 5.41) is 9.64. The quantitative estimate of drug-likeness (QED) is 0.367. The number of aliphatic hydroxyl groups excluding tert-OH is 1. The molecule has 218 valence electrons. The third kappa shape index (κ3) is 4.85. The van der Waals surface area contributed by atoms with Crippen molar-refractivity contribution in [2.45, 2.75) is 49.7 Å². The Bertz CT molecular complexity index is 1120. The SMILES string of the molecule is C=CCN(C)C(=O)[C@@H]1[C@H]2C(=O)N(CCCO)C(C(=O)N(CC=C)c3ccc(N(CC)CC)cc3)C23S[C@@H]1CC3C. The third-order valence-electron chi connectivity index (χ3n) is 8.97. The van der Waals surface area contributed by atoms with Gasteiger partial charge in [-0.05, 0) is 56.9 Å². The molecule has 40 heavy (non-hydrogen) atoms. The minimum absolute atomic E-state index is 0.0137. The highest BCUT2D eigenvalue weighted by molar-refractivity contribution is 8.02. The number of carbonyl (C=O) groups is 3. The van der Waals surface area contributed by atoms with Crippen molar-refractivity contribution in [3.63, 3.8) is 0 Å². The lowest BCUT2D eigenvalue weighted by molar-refractivity contribution is -0.143. The number of carbonyl (C=O) groups excluding carboxylic acids is 3. The smallest absolute Gasteiger partial charge is 0.251 e. The first-order chi connectivity index (χ1) is 19.2. The molecule has 9 heteroatoms. The van der Waals surface area contributed by atoms with Crippen molar-refractivity contribution < 1.29 is 19.5 Å². The summed E-state index contributed by atoms with van der Waals surface area (Å²) in [5.41, 5.74) is 1.83. The number of nitrogens with zero attached hydrogens (tertiary/aromatic N) is 4. The van der Waals surface area contributed by atoms with Crippen LogP contribution >= 0.6 is 11.8 Å². The van der Waals surface area contributed by atoms with E-state index < -0.39 is 22.6 Å². The number of thioether (sulfide) groups is 1. The molecule has 3 aliphatic rings. The van der Waals surface area contributed by atoms with Gasteiger partial charge in [0, 0.05) is 63.0 Å². The fourth-order valence-electron chi connectivity index (χ4n) is 7.13. The molecule has 1 spiro atoms. The lowest BCUT2D eigenvalue weighted by Crippen LogP contribution is -2.57. The van der Waals surface area contributed by atoms with Crippen LogP contribution in [0.3, 0.4) is 0 Å². The first kappa shape index (κ1) is 30.2. The summed E-state index contributed by atoms with van der Waals surface area (Å²) in [7, 11) is 1.75. The number of fused-ring (bicyclic) bond motifs is 1. The molecule has 3 fully saturated rings. The van der Waals surface area contributed by atoms with Crippen LogP contribution < -0.4 is 9.80 Å². The van der Waals surface area contributed by atoms with Crippen molar-refractivity contribution in [1.82, 2.24) is 9.80 Å². The predicted octanol–water partition coefficient (Wildman–Crippen LogP) is 3.42. The first-order valence-corrected chi connectivity index (χ1v) is 15.3. The molecule has 3 unspecified atom stereocenters. The molecule has 2 bridgehead atoms. The van der Waals surface area contributed by atoms with Gasteiger partial charge in [0.05, 0.1) is 16.6 Å². The van der Waals surface area contributed by atoms with E-state index in [-0.39, 0.29) is 42.0 Å². The molecule has 3 aliphatic heterocycles. The van der Waals surface area contributed by atoms with E-state index in [4.69, 9.17) is 0 Å². The van der Waals surface area contributed by atoms with Gasteiger partial charge in [0.1, 0.15) is 6.04 Å². The molecular formula is C31H44N4O4S. The second kappa shape index (κ2) is 12.4. The lowest BCUT2D eigenvalue weighted by atomic mass is 9.65. The molecule has 4 rings (SSSR count). The Morgan fingerprint density at radius 1 is 1.10 bits per heavy atom. The number of anilines is 2. The number of likely N-dealkylation sites (N-methyl/N-ethyl adjacent to an activating group) is 1. The average Bonchev–Trinajstić information content (AvgIpc) is 3.54. The van der Waals surface area contributed by atoms with Crippen LogP contribution in [-0.2, 0) is 14.4 Å². The van der Waals surface area contributed by atoms with Crippen LogP contribution in [-0.4, -0.2) is 95.0 Å². The molecule has 8 nitrogen and oxygen atoms in total. The molecule has 0 aromatic heterocycles. The first-order valence-electron chi connectivity index (χ1n) is 14.4. The Labute approximate surface area is 243 Å². The number of rotatable bonds is 13. The number of aliphatic hydroxyl groups is 1. The van der Waals surface area contributed by atoms with E-state index in [1.165, 1.54) is 0 Å². The van der Waals surface area contributed by atoms with Crippen LogP contribution in [0.1, 0.15) is 33.6 Å². The zero-order chi connectivity index (χ0) is 29.2. The number of likely N-dealkylation sites (tertiary alicyclic amines) is 1. The molecular weight excluding hydrogens is 524 g/mol. The minimum atomic E-state index is -0.730. The molecule has 3 heterocycles. The van der Waals surface area contributed by atoms with E-state index in [1.54, 1.807) is 45.7 Å². The van der Waals surface area contributed by atoms with Crippen LogP contribution in [0.5, 0.6) is 0 Å². The number of hydrogen-bond donors (Lipinski definition) is 1. The van der Waals surface area contributed by atoms with Crippen LogP contribution in [0.25, 0.3) is 0 Å². The fourth-order valence-corrected chi connectivity index (χ4v) is 9.54. The zero-order valence-electron chi connectivity index (χ0n) is 24.3. The summed E-state index contributed by atoms with van der Waals surface area (Å²) in [6, 6.07) is 7.24. The molecule has 1 N–H and O–H groups in total. The fraction of sp³-hybridized carbons (Fsp3) is 0.581. The maximum absolute atomic E-state index is 14.7. The Morgan fingerprint density at radius 3 is 2.30 bits per heavy atom. The predicted molar refractivity (Wildman–Crippen MR) is 162 cm³/mol. The molecule has 0 saturated carbocycles. The Hall–Kier alpha value is -2.78. The van der Waals surface area contributed by atoms with Gasteiger partial charge in [0.15, 0.2) is 0 Å². The van der Waals surface area contributed by atoms with Crippen molar-refractivity contribution >= 4 is 40.9 Å². The maximum Gasteiger partial charge on any atom is 0.251 e. The summed E-state index contributed by atoms with van der Waals surface area (Å²) in [5.74, 6) is -1.34. The van der Waals surface area contributed by atoms with Crippen molar-refractivity contribution in [3.05, 3.63) is 49.6 Å². The van der Waals surface area contributed by atoms with E-state index in [0.717, 1.165) is 30.9 Å². The van der Waals surface area contributed by atoms with Gasteiger partial charge in [-0.1, -0.05) is 19.1 Å². The molecule has 3 saturated heterocycles. The van der Waals surface area contributed by atoms with Crippen molar-refractivity contribution in [2.24, 2.45) is 17.8 Å². The second-order valence-electron chi connectivity index (χ2n) is 11.1. The highest BCUT2D eigenvalue weighted by Crippen LogP contribution is 2.68. The normalized spacial score (nSPS) is 28.4. The Balaban J connectivity index is 1.75. The number of hydrogen-bond acceptors (Lipinski definition) is 6. The van der Waals surface area contributed by atoms with Gasteiger partial charge in [-0.2, -0.15) is 0 Å². The highest BCUT2D eigenvalue weighted by Gasteiger charge is 2.76.